The van der Waals surface area contributed by atoms with E-state index in [0.29, 0.717) is 5.92 Å². The van der Waals surface area contributed by atoms with Gasteiger partial charge in [0.25, 0.3) is 0 Å². The highest BCUT2D eigenvalue weighted by atomic mass is 15.5. The van der Waals surface area contributed by atoms with Crippen molar-refractivity contribution in [3.8, 4) is 0 Å². The van der Waals surface area contributed by atoms with Gasteiger partial charge in [-0.2, -0.15) is 0 Å². The van der Waals surface area contributed by atoms with Crippen molar-refractivity contribution >= 4 is 5.69 Å². The molecule has 0 aliphatic carbocycles. The molecule has 104 valence electrons. The van der Waals surface area contributed by atoms with E-state index in [4.69, 9.17) is 0 Å². The number of para-hydroxylation sites is 1. The minimum absolute atomic E-state index is 0.0376. The van der Waals surface area contributed by atoms with Crippen molar-refractivity contribution in [2.24, 2.45) is 5.92 Å². The molecule has 1 atom stereocenters. The van der Waals surface area contributed by atoms with Crippen LogP contribution in [0.4, 0.5) is 5.69 Å². The Morgan fingerprint density at radius 3 is 2.79 bits per heavy atom. The van der Waals surface area contributed by atoms with Crippen molar-refractivity contribution < 1.29 is 0 Å². The van der Waals surface area contributed by atoms with E-state index in [0.717, 1.165) is 26.4 Å². The van der Waals surface area contributed by atoms with Gasteiger partial charge in [0.2, 0.25) is 0 Å². The highest BCUT2D eigenvalue weighted by Gasteiger charge is 2.44. The van der Waals surface area contributed by atoms with Gasteiger partial charge in [0.15, 0.2) is 0 Å². The van der Waals surface area contributed by atoms with Crippen LogP contribution in [0.3, 0.4) is 0 Å². The molecule has 3 rings (SSSR count). The largest absolute Gasteiger partial charge is 0.358 e. The van der Waals surface area contributed by atoms with E-state index in [2.05, 4.69) is 65.6 Å². The van der Waals surface area contributed by atoms with Gasteiger partial charge in [-0.3, -0.25) is 10.2 Å². The van der Waals surface area contributed by atoms with Crippen molar-refractivity contribution in [3.05, 3.63) is 29.8 Å². The van der Waals surface area contributed by atoms with Gasteiger partial charge in [-0.25, -0.2) is 0 Å². The summed E-state index contributed by atoms with van der Waals surface area (Å²) in [5.41, 5.74) is 2.74. The molecule has 2 aliphatic heterocycles. The Kier molecular flexibility index (Phi) is 3.25. The highest BCUT2D eigenvalue weighted by Crippen LogP contribution is 2.38. The van der Waals surface area contributed by atoms with Gasteiger partial charge in [0.05, 0.1) is 6.67 Å². The number of benzene rings is 1. The third-order valence-electron chi connectivity index (χ3n) is 4.20. The van der Waals surface area contributed by atoms with E-state index >= 15 is 0 Å². The second-order valence-corrected chi connectivity index (χ2v) is 6.11. The first-order chi connectivity index (χ1) is 9.13. The molecule has 19 heavy (non-hydrogen) atoms. The SMILES string of the molecule is CC(C)CN1CN(C)C2(CNCN2)c2ccccc21. The summed E-state index contributed by atoms with van der Waals surface area (Å²) in [5, 5.41) is 7.08. The molecule has 2 N–H and O–H groups in total. The zero-order chi connectivity index (χ0) is 13.5. The van der Waals surface area contributed by atoms with Crippen LogP contribution in [0.1, 0.15) is 19.4 Å². The van der Waals surface area contributed by atoms with Crippen LogP contribution >= 0.6 is 0 Å². The number of fused-ring (bicyclic) bond motifs is 2. The number of hydrogen-bond donors (Lipinski definition) is 2. The van der Waals surface area contributed by atoms with Crippen molar-refractivity contribution in [1.82, 2.24) is 15.5 Å². The smallest absolute Gasteiger partial charge is 0.114 e. The topological polar surface area (TPSA) is 30.5 Å². The normalized spacial score (nSPS) is 27.3. The van der Waals surface area contributed by atoms with Gasteiger partial charge < -0.3 is 10.2 Å². The first-order valence-electron chi connectivity index (χ1n) is 7.15. The number of hydrogen-bond acceptors (Lipinski definition) is 4. The zero-order valence-corrected chi connectivity index (χ0v) is 12.1. The van der Waals surface area contributed by atoms with Crippen LogP contribution in [0.25, 0.3) is 0 Å². The summed E-state index contributed by atoms with van der Waals surface area (Å²) in [6.45, 7) is 8.48. The molecule has 2 heterocycles. The van der Waals surface area contributed by atoms with E-state index < -0.39 is 0 Å². The minimum Gasteiger partial charge on any atom is -0.358 e. The molecule has 0 bridgehead atoms. The lowest BCUT2D eigenvalue weighted by molar-refractivity contribution is 0.100. The molecular formula is C15H24N4. The lowest BCUT2D eigenvalue weighted by atomic mass is 9.93. The standard InChI is InChI=1S/C15H24N4/c1-12(2)8-19-11-18(3)15(9-16-10-17-15)13-6-4-5-7-14(13)19/h4-7,12,16-17H,8-11H2,1-3H3. The highest BCUT2D eigenvalue weighted by molar-refractivity contribution is 5.59. The van der Waals surface area contributed by atoms with Gasteiger partial charge in [-0.1, -0.05) is 32.0 Å². The van der Waals surface area contributed by atoms with Gasteiger partial charge in [0.1, 0.15) is 5.66 Å². The number of nitrogens with one attached hydrogen (secondary N) is 2. The molecule has 4 nitrogen and oxygen atoms in total. The fourth-order valence-corrected chi connectivity index (χ4v) is 3.33. The molecule has 4 heteroatoms. The minimum atomic E-state index is -0.0376. The Balaban J connectivity index is 2.03. The van der Waals surface area contributed by atoms with E-state index in [9.17, 15) is 0 Å². The van der Waals surface area contributed by atoms with Crippen LogP contribution in [-0.2, 0) is 5.66 Å². The van der Waals surface area contributed by atoms with E-state index in [1.54, 1.807) is 0 Å². The lowest BCUT2D eigenvalue weighted by Gasteiger charge is -2.48. The molecule has 0 radical (unpaired) electrons. The van der Waals surface area contributed by atoms with Gasteiger partial charge in [0, 0.05) is 31.0 Å². The second-order valence-electron chi connectivity index (χ2n) is 6.11. The molecular weight excluding hydrogens is 236 g/mol. The predicted molar refractivity (Wildman–Crippen MR) is 78.9 cm³/mol. The number of rotatable bonds is 2. The number of nitrogens with zero attached hydrogens (tertiary/aromatic N) is 2. The molecule has 1 aromatic carbocycles. The van der Waals surface area contributed by atoms with Gasteiger partial charge in [-0.15, -0.1) is 0 Å². The Morgan fingerprint density at radius 2 is 2.11 bits per heavy atom. The summed E-state index contributed by atoms with van der Waals surface area (Å²) in [7, 11) is 2.21. The summed E-state index contributed by atoms with van der Waals surface area (Å²) in [6, 6.07) is 8.81. The maximum absolute atomic E-state index is 3.64. The Labute approximate surface area is 115 Å². The van der Waals surface area contributed by atoms with Crippen LogP contribution in [0.5, 0.6) is 0 Å². The number of anilines is 1. The van der Waals surface area contributed by atoms with Gasteiger partial charge >= 0.3 is 0 Å². The third kappa shape index (κ3) is 2.04. The van der Waals surface area contributed by atoms with E-state index in [1.807, 2.05) is 0 Å². The summed E-state index contributed by atoms with van der Waals surface area (Å²) in [4.78, 5) is 4.92. The fourth-order valence-electron chi connectivity index (χ4n) is 3.33. The average molecular weight is 260 g/mol. The summed E-state index contributed by atoms with van der Waals surface area (Å²) < 4.78 is 0. The average Bonchev–Trinajstić information content (AvgIpc) is 2.86. The van der Waals surface area contributed by atoms with Crippen LogP contribution < -0.4 is 15.5 Å². The Hall–Kier alpha value is -1.10. The van der Waals surface area contributed by atoms with Gasteiger partial charge in [-0.05, 0) is 19.0 Å². The second kappa shape index (κ2) is 4.78. The van der Waals surface area contributed by atoms with Crippen LogP contribution in [0.2, 0.25) is 0 Å². The van der Waals surface area contributed by atoms with Crippen molar-refractivity contribution in [3.63, 3.8) is 0 Å². The maximum Gasteiger partial charge on any atom is 0.114 e. The molecule has 1 aromatic rings. The summed E-state index contributed by atoms with van der Waals surface area (Å²) >= 11 is 0. The van der Waals surface area contributed by atoms with Crippen molar-refractivity contribution in [2.75, 3.05) is 38.4 Å². The summed E-state index contributed by atoms with van der Waals surface area (Å²) in [5.74, 6) is 0.671. The lowest BCUT2D eigenvalue weighted by Crippen LogP contribution is -2.60. The molecule has 0 aromatic heterocycles. The van der Waals surface area contributed by atoms with Crippen LogP contribution in [-0.4, -0.2) is 38.4 Å². The third-order valence-corrected chi connectivity index (χ3v) is 4.20. The van der Waals surface area contributed by atoms with Crippen LogP contribution in [0.15, 0.2) is 24.3 Å². The van der Waals surface area contributed by atoms with Crippen molar-refractivity contribution in [1.29, 1.82) is 0 Å². The molecule has 1 spiro atoms. The molecule has 1 unspecified atom stereocenters. The first-order valence-corrected chi connectivity index (χ1v) is 7.15. The molecule has 0 amide bonds. The number of likely N-dealkylation sites (N-methyl/N-ethyl adjacent to an activating group) is 1. The molecule has 1 fully saturated rings. The molecule has 0 saturated carbocycles. The predicted octanol–water partition coefficient (Wildman–Crippen LogP) is 1.36. The van der Waals surface area contributed by atoms with E-state index in [1.165, 1.54) is 11.3 Å². The first kappa shape index (κ1) is 12.9. The Morgan fingerprint density at radius 1 is 1.32 bits per heavy atom. The quantitative estimate of drug-likeness (QED) is 0.840. The fraction of sp³-hybridized carbons (Fsp3) is 0.600. The zero-order valence-electron chi connectivity index (χ0n) is 12.1. The molecule has 2 aliphatic rings. The van der Waals surface area contributed by atoms with Crippen LogP contribution in [0, 0.1) is 5.92 Å². The monoisotopic (exact) mass is 260 g/mol. The van der Waals surface area contributed by atoms with Crippen molar-refractivity contribution in [2.45, 2.75) is 19.5 Å². The Bertz CT molecular complexity index is 451. The molecule has 1 saturated heterocycles. The summed E-state index contributed by atoms with van der Waals surface area (Å²) in [6.07, 6.45) is 0. The maximum atomic E-state index is 3.64. The van der Waals surface area contributed by atoms with E-state index in [-0.39, 0.29) is 5.66 Å².